The number of hydrogen-bond acceptors (Lipinski definition) is 5. The Kier molecular flexibility index (Phi) is 7.01. The molecular formula is C22H30N2O5. The summed E-state index contributed by atoms with van der Waals surface area (Å²) >= 11 is 0. The fraction of sp³-hybridized carbons (Fsp3) is 0.545. The van der Waals surface area contributed by atoms with E-state index in [-0.39, 0.29) is 12.1 Å². The molecule has 1 fully saturated rings. The minimum atomic E-state index is -0.617. The number of amides is 2. The van der Waals surface area contributed by atoms with E-state index in [1.807, 2.05) is 13.0 Å². The third kappa shape index (κ3) is 5.02. The molecule has 0 unspecified atom stereocenters. The maximum absolute atomic E-state index is 13.0. The topological polar surface area (TPSA) is 85.9 Å². The molecular weight excluding hydrogens is 372 g/mol. The quantitative estimate of drug-likeness (QED) is 0.674. The molecule has 29 heavy (non-hydrogen) atoms. The van der Waals surface area contributed by atoms with Gasteiger partial charge in [0.15, 0.2) is 11.5 Å². The van der Waals surface area contributed by atoms with Crippen LogP contribution in [0, 0.1) is 0 Å². The van der Waals surface area contributed by atoms with Gasteiger partial charge in [0.05, 0.1) is 25.3 Å². The van der Waals surface area contributed by atoms with Crippen molar-refractivity contribution in [2.45, 2.75) is 64.5 Å². The number of esters is 1. The number of urea groups is 1. The zero-order chi connectivity index (χ0) is 20.8. The van der Waals surface area contributed by atoms with Crippen molar-refractivity contribution >= 4 is 12.0 Å². The van der Waals surface area contributed by atoms with E-state index in [9.17, 15) is 9.59 Å². The monoisotopic (exact) mass is 402 g/mol. The molecule has 0 aromatic heterocycles. The molecule has 1 aromatic rings. The summed E-state index contributed by atoms with van der Waals surface area (Å²) in [7, 11) is 1.57. The minimum Gasteiger partial charge on any atom is -0.493 e. The van der Waals surface area contributed by atoms with Crippen LogP contribution in [-0.4, -0.2) is 31.8 Å². The number of carbonyl (C=O) groups is 2. The standard InChI is InChI=1S/C22H30N2O5/c1-4-12-28-17-11-10-15(13-18(17)27-3)20-19(14(2)23-22(26)24-20)21(25)29-16-8-6-5-7-9-16/h10-11,13,16,20H,4-9,12H2,1-3H3,(H2,23,24,26)/t20-/m0/s1. The second-order valence-corrected chi connectivity index (χ2v) is 7.49. The van der Waals surface area contributed by atoms with Crippen LogP contribution in [0.2, 0.25) is 0 Å². The van der Waals surface area contributed by atoms with Crippen molar-refractivity contribution in [1.82, 2.24) is 10.6 Å². The molecule has 158 valence electrons. The van der Waals surface area contributed by atoms with Gasteiger partial charge in [-0.05, 0) is 56.7 Å². The first-order valence-corrected chi connectivity index (χ1v) is 10.3. The van der Waals surface area contributed by atoms with Crippen molar-refractivity contribution < 1.29 is 23.8 Å². The summed E-state index contributed by atoms with van der Waals surface area (Å²) in [6.07, 6.45) is 5.93. The number of hydrogen-bond donors (Lipinski definition) is 2. The van der Waals surface area contributed by atoms with Crippen molar-refractivity contribution in [2.24, 2.45) is 0 Å². The number of rotatable bonds is 7. The summed E-state index contributed by atoms with van der Waals surface area (Å²) in [5, 5.41) is 5.53. The summed E-state index contributed by atoms with van der Waals surface area (Å²) in [5.74, 6) is 0.795. The molecule has 1 aliphatic carbocycles. The van der Waals surface area contributed by atoms with Gasteiger partial charge in [0.2, 0.25) is 0 Å². The molecule has 1 heterocycles. The summed E-state index contributed by atoms with van der Waals surface area (Å²) in [6, 6.07) is 4.46. The highest BCUT2D eigenvalue weighted by Crippen LogP contribution is 2.35. The van der Waals surface area contributed by atoms with Crippen LogP contribution in [-0.2, 0) is 9.53 Å². The van der Waals surface area contributed by atoms with Crippen molar-refractivity contribution in [1.29, 1.82) is 0 Å². The van der Waals surface area contributed by atoms with Crippen LogP contribution in [0.1, 0.15) is 64.0 Å². The normalized spacial score (nSPS) is 20.0. The van der Waals surface area contributed by atoms with Crippen LogP contribution in [0.25, 0.3) is 0 Å². The van der Waals surface area contributed by atoms with E-state index in [1.165, 1.54) is 6.42 Å². The predicted octanol–water partition coefficient (Wildman–Crippen LogP) is 3.99. The molecule has 1 aromatic carbocycles. The lowest BCUT2D eigenvalue weighted by Crippen LogP contribution is -2.45. The van der Waals surface area contributed by atoms with Gasteiger partial charge in [-0.2, -0.15) is 0 Å². The molecule has 7 nitrogen and oxygen atoms in total. The molecule has 3 rings (SSSR count). The van der Waals surface area contributed by atoms with E-state index in [1.54, 1.807) is 26.2 Å². The van der Waals surface area contributed by atoms with Crippen LogP contribution in [0.5, 0.6) is 11.5 Å². The Hall–Kier alpha value is -2.70. The average Bonchev–Trinajstić information content (AvgIpc) is 2.72. The highest BCUT2D eigenvalue weighted by molar-refractivity contribution is 5.95. The highest BCUT2D eigenvalue weighted by atomic mass is 16.5. The van der Waals surface area contributed by atoms with Gasteiger partial charge in [-0.3, -0.25) is 0 Å². The van der Waals surface area contributed by atoms with Gasteiger partial charge in [-0.25, -0.2) is 9.59 Å². The van der Waals surface area contributed by atoms with Gasteiger partial charge in [0.25, 0.3) is 0 Å². The zero-order valence-corrected chi connectivity index (χ0v) is 17.4. The number of nitrogens with one attached hydrogen (secondary N) is 2. The molecule has 0 bridgehead atoms. The summed E-state index contributed by atoms with van der Waals surface area (Å²) in [5.41, 5.74) is 1.65. The lowest BCUT2D eigenvalue weighted by Gasteiger charge is -2.30. The number of benzene rings is 1. The number of ether oxygens (including phenoxy) is 3. The average molecular weight is 402 g/mol. The van der Waals surface area contributed by atoms with Gasteiger partial charge in [-0.15, -0.1) is 0 Å². The van der Waals surface area contributed by atoms with E-state index in [0.29, 0.717) is 29.4 Å². The lowest BCUT2D eigenvalue weighted by atomic mass is 9.94. The Balaban J connectivity index is 1.87. The first-order valence-electron chi connectivity index (χ1n) is 10.3. The third-order valence-corrected chi connectivity index (χ3v) is 5.30. The highest BCUT2D eigenvalue weighted by Gasteiger charge is 2.34. The second-order valence-electron chi connectivity index (χ2n) is 7.49. The van der Waals surface area contributed by atoms with Crippen LogP contribution in [0.4, 0.5) is 4.79 Å². The van der Waals surface area contributed by atoms with Gasteiger partial charge in [0, 0.05) is 5.70 Å². The molecule has 1 aliphatic heterocycles. The molecule has 1 atom stereocenters. The second kappa shape index (κ2) is 9.67. The number of methoxy groups -OCH3 is 1. The largest absolute Gasteiger partial charge is 0.493 e. The first-order chi connectivity index (χ1) is 14.0. The van der Waals surface area contributed by atoms with Gasteiger partial charge in [-0.1, -0.05) is 19.4 Å². The van der Waals surface area contributed by atoms with Crippen molar-refractivity contribution in [3.63, 3.8) is 0 Å². The number of carbonyl (C=O) groups excluding carboxylic acids is 2. The van der Waals surface area contributed by atoms with Crippen molar-refractivity contribution in [2.75, 3.05) is 13.7 Å². The molecule has 2 amide bonds. The summed E-state index contributed by atoms with van der Waals surface area (Å²) < 4.78 is 16.9. The molecule has 0 radical (unpaired) electrons. The Labute approximate surface area is 171 Å². The molecule has 7 heteroatoms. The lowest BCUT2D eigenvalue weighted by molar-refractivity contribution is -0.146. The zero-order valence-electron chi connectivity index (χ0n) is 17.4. The van der Waals surface area contributed by atoms with Crippen LogP contribution in [0.15, 0.2) is 29.5 Å². The van der Waals surface area contributed by atoms with Gasteiger partial charge >= 0.3 is 12.0 Å². The summed E-state index contributed by atoms with van der Waals surface area (Å²) in [4.78, 5) is 25.1. The number of allylic oxidation sites excluding steroid dienone is 1. The van der Waals surface area contributed by atoms with Gasteiger partial charge in [0.1, 0.15) is 6.10 Å². The Morgan fingerprint density at radius 3 is 2.62 bits per heavy atom. The van der Waals surface area contributed by atoms with Crippen LogP contribution in [0.3, 0.4) is 0 Å². The molecule has 1 saturated carbocycles. The maximum atomic E-state index is 13.0. The summed E-state index contributed by atoms with van der Waals surface area (Å²) in [6.45, 7) is 4.33. The Morgan fingerprint density at radius 1 is 1.17 bits per heavy atom. The van der Waals surface area contributed by atoms with Gasteiger partial charge < -0.3 is 24.8 Å². The third-order valence-electron chi connectivity index (χ3n) is 5.30. The molecule has 2 N–H and O–H groups in total. The van der Waals surface area contributed by atoms with Crippen molar-refractivity contribution in [3.05, 3.63) is 35.0 Å². The van der Waals surface area contributed by atoms with Crippen LogP contribution < -0.4 is 20.1 Å². The smallest absolute Gasteiger partial charge is 0.338 e. The Bertz CT molecular complexity index is 783. The van der Waals surface area contributed by atoms with Crippen LogP contribution >= 0.6 is 0 Å². The molecule has 0 spiro atoms. The van der Waals surface area contributed by atoms with Crippen molar-refractivity contribution in [3.8, 4) is 11.5 Å². The van der Waals surface area contributed by atoms with E-state index in [2.05, 4.69) is 10.6 Å². The fourth-order valence-corrected chi connectivity index (χ4v) is 3.81. The fourth-order valence-electron chi connectivity index (χ4n) is 3.81. The Morgan fingerprint density at radius 2 is 1.93 bits per heavy atom. The van der Waals surface area contributed by atoms with E-state index in [4.69, 9.17) is 14.2 Å². The SMILES string of the molecule is CCCOc1ccc([C@@H]2NC(=O)NC(C)=C2C(=O)OC2CCCCC2)cc1OC. The molecule has 2 aliphatic rings. The van der Waals surface area contributed by atoms with E-state index in [0.717, 1.165) is 37.7 Å². The maximum Gasteiger partial charge on any atom is 0.338 e. The van der Waals surface area contributed by atoms with E-state index >= 15 is 0 Å². The predicted molar refractivity (Wildman–Crippen MR) is 109 cm³/mol. The minimum absolute atomic E-state index is 0.0609. The molecule has 0 saturated heterocycles. The van der Waals surface area contributed by atoms with E-state index < -0.39 is 12.0 Å². The first kappa shape index (κ1) is 21.0.